The molecule has 0 aliphatic heterocycles. The molecule has 0 saturated heterocycles. The van der Waals surface area contributed by atoms with Gasteiger partial charge in [-0.2, -0.15) is 0 Å². The van der Waals surface area contributed by atoms with E-state index in [2.05, 4.69) is 123 Å². The molecule has 0 fully saturated rings. The number of hydrogen-bond donors (Lipinski definition) is 0. The van der Waals surface area contributed by atoms with Crippen LogP contribution in [-0.4, -0.2) is 5.78 Å². The molecule has 0 saturated carbocycles. The van der Waals surface area contributed by atoms with E-state index in [0.29, 0.717) is 11.1 Å². The number of rotatable bonds is 6. The lowest BCUT2D eigenvalue weighted by atomic mass is 9.89. The molecule has 1 heteroatoms. The minimum atomic E-state index is 0.0244. The second kappa shape index (κ2) is 11.0. The van der Waals surface area contributed by atoms with Crippen molar-refractivity contribution in [3.8, 4) is 44.5 Å². The molecule has 6 rings (SSSR count). The monoisotopic (exact) mass is 514 g/mol. The van der Waals surface area contributed by atoms with Crippen LogP contribution < -0.4 is 0 Å². The number of carbonyl (C=O) groups excluding carboxylic acids is 1. The maximum Gasteiger partial charge on any atom is 0.193 e. The number of ketones is 1. The Hall–Kier alpha value is -5.01. The van der Waals surface area contributed by atoms with Crippen LogP contribution in [0.2, 0.25) is 0 Å². The summed E-state index contributed by atoms with van der Waals surface area (Å²) in [5, 5.41) is 0. The zero-order valence-corrected chi connectivity index (χ0v) is 22.8. The fraction of sp³-hybridized carbons (Fsp3) is 0.0513. The molecule has 0 N–H and O–H groups in total. The summed E-state index contributed by atoms with van der Waals surface area (Å²) in [7, 11) is 0. The van der Waals surface area contributed by atoms with Crippen molar-refractivity contribution in [2.75, 3.05) is 0 Å². The van der Waals surface area contributed by atoms with Crippen LogP contribution in [0.25, 0.3) is 44.5 Å². The summed E-state index contributed by atoms with van der Waals surface area (Å²) >= 11 is 0. The van der Waals surface area contributed by atoms with Crippen LogP contribution >= 0.6 is 0 Å². The molecule has 0 unspecified atom stereocenters. The molecule has 6 aromatic rings. The number of hydrogen-bond acceptors (Lipinski definition) is 1. The minimum Gasteiger partial charge on any atom is -0.289 e. The highest BCUT2D eigenvalue weighted by Crippen LogP contribution is 2.33. The van der Waals surface area contributed by atoms with Crippen LogP contribution in [0.1, 0.15) is 27.0 Å². The Bertz CT molecular complexity index is 1760. The normalized spacial score (nSPS) is 10.8. The van der Waals surface area contributed by atoms with E-state index in [0.717, 1.165) is 27.8 Å². The topological polar surface area (TPSA) is 17.1 Å². The summed E-state index contributed by atoms with van der Waals surface area (Å²) < 4.78 is 0. The highest BCUT2D eigenvalue weighted by Gasteiger charge is 2.17. The zero-order valence-electron chi connectivity index (χ0n) is 22.8. The molecular weight excluding hydrogens is 484 g/mol. The Morgan fingerprint density at radius 2 is 0.775 bits per heavy atom. The Morgan fingerprint density at radius 1 is 0.400 bits per heavy atom. The smallest absolute Gasteiger partial charge is 0.193 e. The van der Waals surface area contributed by atoms with Crippen molar-refractivity contribution < 1.29 is 4.79 Å². The molecule has 0 aliphatic rings. The average molecular weight is 515 g/mol. The van der Waals surface area contributed by atoms with Gasteiger partial charge in [-0.3, -0.25) is 4.79 Å². The van der Waals surface area contributed by atoms with Gasteiger partial charge in [-0.15, -0.1) is 0 Å². The van der Waals surface area contributed by atoms with E-state index in [1.165, 1.54) is 27.8 Å². The first kappa shape index (κ1) is 25.3. The van der Waals surface area contributed by atoms with Gasteiger partial charge in [0.1, 0.15) is 0 Å². The summed E-state index contributed by atoms with van der Waals surface area (Å²) in [4.78, 5) is 13.8. The molecule has 192 valence electrons. The van der Waals surface area contributed by atoms with Gasteiger partial charge < -0.3 is 0 Å². The van der Waals surface area contributed by atoms with E-state index in [-0.39, 0.29) is 5.78 Å². The van der Waals surface area contributed by atoms with E-state index in [1.807, 2.05) is 36.4 Å². The predicted molar refractivity (Wildman–Crippen MR) is 168 cm³/mol. The van der Waals surface area contributed by atoms with Crippen molar-refractivity contribution in [1.29, 1.82) is 0 Å². The van der Waals surface area contributed by atoms with Crippen molar-refractivity contribution >= 4 is 5.78 Å². The second-order valence-electron chi connectivity index (χ2n) is 10.3. The first-order valence-corrected chi connectivity index (χ1v) is 13.6. The van der Waals surface area contributed by atoms with Gasteiger partial charge in [0.05, 0.1) is 0 Å². The summed E-state index contributed by atoms with van der Waals surface area (Å²) in [6, 6.07) is 50.0. The lowest BCUT2D eigenvalue weighted by Crippen LogP contribution is -2.04. The molecule has 0 amide bonds. The third kappa shape index (κ3) is 5.28. The Balaban J connectivity index is 1.38. The molecule has 0 aliphatic carbocycles. The number of aryl methyl sites for hydroxylation is 2. The maximum atomic E-state index is 13.8. The standard InChI is InChI=1S/C39H30O/c1-27-8-12-29(13-9-27)31-16-18-33(19-17-31)36-24-25-37(38(26-36)39(40)35-6-4-3-5-7-35)34-22-20-32(21-23-34)30-14-10-28(2)11-15-30/h3-26H,1-2H3. The SMILES string of the molecule is Cc1ccc(-c2ccc(-c3ccc(-c4ccc(-c5ccc(C)cc5)cc4)c(C(=O)c4ccccc4)c3)cc2)cc1. The Kier molecular flexibility index (Phi) is 6.95. The number of carbonyl (C=O) groups is 1. The molecule has 40 heavy (non-hydrogen) atoms. The van der Waals surface area contributed by atoms with Crippen LogP contribution in [0.4, 0.5) is 0 Å². The molecule has 1 nitrogen and oxygen atoms in total. The maximum absolute atomic E-state index is 13.8. The largest absolute Gasteiger partial charge is 0.289 e. The van der Waals surface area contributed by atoms with Crippen molar-refractivity contribution in [2.45, 2.75) is 13.8 Å². The van der Waals surface area contributed by atoms with Gasteiger partial charge in [-0.05, 0) is 64.4 Å². The molecule has 0 atom stereocenters. The lowest BCUT2D eigenvalue weighted by Gasteiger charge is -2.13. The third-order valence-electron chi connectivity index (χ3n) is 7.48. The highest BCUT2D eigenvalue weighted by molar-refractivity contribution is 6.13. The Labute approximate surface area is 236 Å². The molecule has 0 heterocycles. The van der Waals surface area contributed by atoms with Gasteiger partial charge in [0.2, 0.25) is 0 Å². The quantitative estimate of drug-likeness (QED) is 0.202. The van der Waals surface area contributed by atoms with E-state index in [9.17, 15) is 4.79 Å². The fourth-order valence-electron chi connectivity index (χ4n) is 5.10. The lowest BCUT2D eigenvalue weighted by molar-refractivity contribution is 0.103. The van der Waals surface area contributed by atoms with E-state index < -0.39 is 0 Å². The first-order chi connectivity index (χ1) is 19.5. The van der Waals surface area contributed by atoms with Crippen LogP contribution in [-0.2, 0) is 0 Å². The van der Waals surface area contributed by atoms with E-state index in [1.54, 1.807) is 0 Å². The summed E-state index contributed by atoms with van der Waals surface area (Å²) in [5.41, 5.74) is 12.7. The zero-order chi connectivity index (χ0) is 27.5. The van der Waals surface area contributed by atoms with Gasteiger partial charge in [0.15, 0.2) is 5.78 Å². The van der Waals surface area contributed by atoms with Gasteiger partial charge >= 0.3 is 0 Å². The molecule has 0 spiro atoms. The van der Waals surface area contributed by atoms with Crippen LogP contribution in [0.15, 0.2) is 146 Å². The highest BCUT2D eigenvalue weighted by atomic mass is 16.1. The van der Waals surface area contributed by atoms with Crippen molar-refractivity contribution in [1.82, 2.24) is 0 Å². The van der Waals surface area contributed by atoms with Gasteiger partial charge in [-0.1, -0.05) is 151 Å². The van der Waals surface area contributed by atoms with Crippen molar-refractivity contribution in [2.24, 2.45) is 0 Å². The molecule has 0 radical (unpaired) electrons. The molecule has 6 aromatic carbocycles. The average Bonchev–Trinajstić information content (AvgIpc) is 3.02. The molecule has 0 aromatic heterocycles. The second-order valence-corrected chi connectivity index (χ2v) is 10.3. The van der Waals surface area contributed by atoms with Crippen molar-refractivity contribution in [3.05, 3.63) is 168 Å². The van der Waals surface area contributed by atoms with Crippen molar-refractivity contribution in [3.63, 3.8) is 0 Å². The molecular formula is C39H30O. The Morgan fingerprint density at radius 3 is 1.25 bits per heavy atom. The van der Waals surface area contributed by atoms with E-state index >= 15 is 0 Å². The fourth-order valence-corrected chi connectivity index (χ4v) is 5.10. The summed E-state index contributed by atoms with van der Waals surface area (Å²) in [6.45, 7) is 4.20. The van der Waals surface area contributed by atoms with Crippen LogP contribution in [0, 0.1) is 13.8 Å². The minimum absolute atomic E-state index is 0.0244. The van der Waals surface area contributed by atoms with Crippen LogP contribution in [0.3, 0.4) is 0 Å². The van der Waals surface area contributed by atoms with Gasteiger partial charge in [0, 0.05) is 11.1 Å². The third-order valence-corrected chi connectivity index (χ3v) is 7.48. The summed E-state index contributed by atoms with van der Waals surface area (Å²) in [6.07, 6.45) is 0. The molecule has 0 bridgehead atoms. The van der Waals surface area contributed by atoms with Crippen LogP contribution in [0.5, 0.6) is 0 Å². The first-order valence-electron chi connectivity index (χ1n) is 13.6. The van der Waals surface area contributed by atoms with Gasteiger partial charge in [-0.25, -0.2) is 0 Å². The summed E-state index contributed by atoms with van der Waals surface area (Å²) in [5.74, 6) is 0.0244. The number of benzene rings is 6. The van der Waals surface area contributed by atoms with Gasteiger partial charge in [0.25, 0.3) is 0 Å². The predicted octanol–water partition coefficient (Wildman–Crippen LogP) is 10.2. The van der Waals surface area contributed by atoms with E-state index in [4.69, 9.17) is 0 Å².